The fourth-order valence-corrected chi connectivity index (χ4v) is 4.07. The lowest BCUT2D eigenvalue weighted by Crippen LogP contribution is -2.34. The summed E-state index contributed by atoms with van der Waals surface area (Å²) in [6.45, 7) is 2.33. The number of carboxylic acids is 1. The SMILES string of the molecule is CC/C=C\C/C=C\C/C=C\CCCCCCCC(=O)OC(COC(=O)CCCC)COP(=O)(O)OCC(N)C(=O)O. The van der Waals surface area contributed by atoms with E-state index in [0.29, 0.717) is 12.8 Å². The first-order chi connectivity index (χ1) is 19.6. The Bertz CT molecular complexity index is 859. The van der Waals surface area contributed by atoms with Crippen LogP contribution in [0.3, 0.4) is 0 Å². The van der Waals surface area contributed by atoms with E-state index in [1.165, 1.54) is 0 Å². The van der Waals surface area contributed by atoms with Gasteiger partial charge < -0.3 is 25.2 Å². The van der Waals surface area contributed by atoms with E-state index in [1.807, 2.05) is 6.92 Å². The topological polar surface area (TPSA) is 172 Å². The Kier molecular flexibility index (Phi) is 24.0. The van der Waals surface area contributed by atoms with Gasteiger partial charge in [-0.15, -0.1) is 0 Å². The van der Waals surface area contributed by atoms with E-state index in [4.69, 9.17) is 24.8 Å². The number of phosphoric ester groups is 1. The van der Waals surface area contributed by atoms with Crippen LogP contribution in [0.2, 0.25) is 0 Å². The van der Waals surface area contributed by atoms with E-state index in [2.05, 4.69) is 47.9 Å². The Balaban J connectivity index is 4.37. The first-order valence-corrected chi connectivity index (χ1v) is 16.0. The molecule has 0 bridgehead atoms. The molecule has 0 aromatic rings. The molecule has 0 aliphatic rings. The first-order valence-electron chi connectivity index (χ1n) is 14.5. The highest BCUT2D eigenvalue weighted by Gasteiger charge is 2.28. The number of ether oxygens (including phenoxy) is 2. The molecule has 0 rings (SSSR count). The van der Waals surface area contributed by atoms with Crippen molar-refractivity contribution in [1.29, 1.82) is 0 Å². The van der Waals surface area contributed by atoms with Gasteiger partial charge in [0, 0.05) is 12.8 Å². The zero-order valence-electron chi connectivity index (χ0n) is 24.6. The van der Waals surface area contributed by atoms with Gasteiger partial charge in [-0.1, -0.05) is 76.0 Å². The summed E-state index contributed by atoms with van der Waals surface area (Å²) in [6, 6.07) is -1.52. The van der Waals surface area contributed by atoms with Crippen molar-refractivity contribution in [3.05, 3.63) is 36.5 Å². The molecule has 0 heterocycles. The minimum atomic E-state index is -4.69. The predicted molar refractivity (Wildman–Crippen MR) is 157 cm³/mol. The van der Waals surface area contributed by atoms with Gasteiger partial charge in [0.25, 0.3) is 0 Å². The number of hydrogen-bond acceptors (Lipinski definition) is 9. The number of carbonyl (C=O) groups is 3. The monoisotopic (exact) mass is 603 g/mol. The van der Waals surface area contributed by atoms with Crippen molar-refractivity contribution >= 4 is 25.7 Å². The molecule has 0 aliphatic heterocycles. The van der Waals surface area contributed by atoms with E-state index in [-0.39, 0.29) is 19.4 Å². The van der Waals surface area contributed by atoms with Crippen LogP contribution < -0.4 is 5.73 Å². The van der Waals surface area contributed by atoms with Crippen LogP contribution in [-0.2, 0) is 37.5 Å². The van der Waals surface area contributed by atoms with Gasteiger partial charge in [0.15, 0.2) is 6.10 Å². The van der Waals surface area contributed by atoms with Gasteiger partial charge in [-0.05, 0) is 44.9 Å². The number of carbonyl (C=O) groups excluding carboxylic acids is 2. The van der Waals surface area contributed by atoms with Crippen LogP contribution in [0.15, 0.2) is 36.5 Å². The standard InChI is InChI=1S/C29H50NO10P/c1-3-5-7-8-9-10-11-12-13-14-15-16-17-18-19-21-28(32)40-25(22-37-27(31)20-6-4-2)23-38-41(35,36)39-24-26(30)29(33)34/h5,7,9-10,12-13,25-26H,3-4,6,8,11,14-24,30H2,1-2H3,(H,33,34)(H,35,36)/b7-5-,10-9-,13-12-. The Hall–Kier alpha value is -2.30. The number of carboxylic acid groups (broad SMARTS) is 1. The lowest BCUT2D eigenvalue weighted by Gasteiger charge is -2.20. The Morgan fingerprint density at radius 1 is 0.780 bits per heavy atom. The number of nitrogens with two attached hydrogens (primary N) is 1. The maximum absolute atomic E-state index is 12.3. The average molecular weight is 604 g/mol. The second-order valence-electron chi connectivity index (χ2n) is 9.50. The van der Waals surface area contributed by atoms with E-state index >= 15 is 0 Å². The summed E-state index contributed by atoms with van der Waals surface area (Å²) in [7, 11) is -4.69. The van der Waals surface area contributed by atoms with Crippen LogP contribution in [-0.4, -0.2) is 59.9 Å². The summed E-state index contributed by atoms with van der Waals surface area (Å²) in [5, 5.41) is 8.76. The number of aliphatic carboxylic acids is 1. The van der Waals surface area contributed by atoms with E-state index in [1.54, 1.807) is 0 Å². The van der Waals surface area contributed by atoms with Gasteiger partial charge >= 0.3 is 25.7 Å². The molecule has 0 fully saturated rings. The van der Waals surface area contributed by atoms with E-state index in [0.717, 1.165) is 57.8 Å². The molecule has 0 aromatic carbocycles. The molecule has 0 aliphatic carbocycles. The normalized spacial score (nSPS) is 14.8. The average Bonchev–Trinajstić information content (AvgIpc) is 2.94. The number of allylic oxidation sites excluding steroid dienone is 6. The van der Waals surface area contributed by atoms with Crippen molar-refractivity contribution in [2.75, 3.05) is 19.8 Å². The molecule has 3 atom stereocenters. The van der Waals surface area contributed by atoms with Gasteiger partial charge in [0.2, 0.25) is 0 Å². The van der Waals surface area contributed by atoms with Gasteiger partial charge in [-0.2, -0.15) is 0 Å². The third-order valence-corrected chi connectivity index (χ3v) is 6.60. The molecule has 0 amide bonds. The summed E-state index contributed by atoms with van der Waals surface area (Å²) in [5.41, 5.74) is 5.25. The van der Waals surface area contributed by atoms with E-state index in [9.17, 15) is 23.8 Å². The van der Waals surface area contributed by atoms with Crippen molar-refractivity contribution < 1.29 is 47.5 Å². The Labute approximate surface area is 244 Å². The number of phosphoric acid groups is 1. The Morgan fingerprint density at radius 2 is 1.37 bits per heavy atom. The summed E-state index contributed by atoms with van der Waals surface area (Å²) in [5.74, 6) is -2.46. The molecule has 4 N–H and O–H groups in total. The summed E-state index contributed by atoms with van der Waals surface area (Å²) in [4.78, 5) is 44.7. The zero-order valence-corrected chi connectivity index (χ0v) is 25.5. The molecular weight excluding hydrogens is 553 g/mol. The van der Waals surface area contributed by atoms with Crippen molar-refractivity contribution in [2.45, 2.75) is 109 Å². The molecule has 11 nitrogen and oxygen atoms in total. The van der Waals surface area contributed by atoms with Crippen molar-refractivity contribution in [3.63, 3.8) is 0 Å². The van der Waals surface area contributed by atoms with Crippen LogP contribution in [0.1, 0.15) is 97.3 Å². The third kappa shape index (κ3) is 25.2. The smallest absolute Gasteiger partial charge is 0.472 e. The molecule has 12 heteroatoms. The first kappa shape index (κ1) is 38.7. The van der Waals surface area contributed by atoms with Crippen LogP contribution >= 0.6 is 7.82 Å². The van der Waals surface area contributed by atoms with Gasteiger partial charge in [0.1, 0.15) is 12.6 Å². The van der Waals surface area contributed by atoms with Gasteiger partial charge in [-0.3, -0.25) is 23.4 Å². The quantitative estimate of drug-likeness (QED) is 0.0474. The second kappa shape index (κ2) is 25.4. The lowest BCUT2D eigenvalue weighted by atomic mass is 10.1. The molecule has 0 radical (unpaired) electrons. The number of unbranched alkanes of at least 4 members (excludes halogenated alkanes) is 6. The molecule has 0 saturated heterocycles. The van der Waals surface area contributed by atoms with Gasteiger partial charge in [0.05, 0.1) is 13.2 Å². The summed E-state index contributed by atoms with van der Waals surface area (Å²) in [6.07, 6.45) is 22.2. The molecule has 41 heavy (non-hydrogen) atoms. The van der Waals surface area contributed by atoms with Crippen molar-refractivity contribution in [2.24, 2.45) is 5.73 Å². The van der Waals surface area contributed by atoms with Crippen LogP contribution in [0.25, 0.3) is 0 Å². The minimum absolute atomic E-state index is 0.140. The molecule has 0 spiro atoms. The lowest BCUT2D eigenvalue weighted by molar-refractivity contribution is -0.161. The molecule has 0 aromatic heterocycles. The fraction of sp³-hybridized carbons (Fsp3) is 0.690. The number of esters is 2. The van der Waals surface area contributed by atoms with Crippen LogP contribution in [0.4, 0.5) is 0 Å². The number of rotatable bonds is 26. The molecular formula is C29H50NO10P. The number of hydrogen-bond donors (Lipinski definition) is 3. The predicted octanol–water partition coefficient (Wildman–Crippen LogP) is 5.77. The van der Waals surface area contributed by atoms with Crippen molar-refractivity contribution in [3.8, 4) is 0 Å². The molecule has 236 valence electrons. The minimum Gasteiger partial charge on any atom is -0.480 e. The molecule has 0 saturated carbocycles. The molecule has 3 unspecified atom stereocenters. The van der Waals surface area contributed by atoms with Crippen LogP contribution in [0.5, 0.6) is 0 Å². The second-order valence-corrected chi connectivity index (χ2v) is 11.0. The Morgan fingerprint density at radius 3 is 2.02 bits per heavy atom. The highest BCUT2D eigenvalue weighted by Crippen LogP contribution is 2.43. The summed E-state index contributed by atoms with van der Waals surface area (Å²) < 4.78 is 31.9. The summed E-state index contributed by atoms with van der Waals surface area (Å²) >= 11 is 0. The van der Waals surface area contributed by atoms with Crippen LogP contribution in [0, 0.1) is 0 Å². The van der Waals surface area contributed by atoms with Gasteiger partial charge in [-0.25, -0.2) is 4.57 Å². The fourth-order valence-electron chi connectivity index (χ4n) is 3.29. The largest absolute Gasteiger partial charge is 0.480 e. The van der Waals surface area contributed by atoms with Crippen molar-refractivity contribution in [1.82, 2.24) is 0 Å². The zero-order chi connectivity index (χ0) is 30.8. The van der Waals surface area contributed by atoms with E-state index < -0.39 is 51.1 Å². The maximum Gasteiger partial charge on any atom is 0.472 e. The maximum atomic E-state index is 12.3. The highest BCUT2D eigenvalue weighted by molar-refractivity contribution is 7.47. The third-order valence-electron chi connectivity index (χ3n) is 5.65. The highest BCUT2D eigenvalue weighted by atomic mass is 31.2.